The Morgan fingerprint density at radius 2 is 1.48 bits per heavy atom. The van der Waals surface area contributed by atoms with Crippen molar-refractivity contribution < 1.29 is 4.42 Å². The molecular weight excluding hydrogens is 486 g/mol. The molecular formula is C26H32OSe2. The molecule has 1 aromatic heterocycles. The molecule has 3 aromatic rings. The summed E-state index contributed by atoms with van der Waals surface area (Å²) in [6, 6.07) is 22.0. The van der Waals surface area contributed by atoms with Gasteiger partial charge in [0.05, 0.1) is 0 Å². The number of unbranched alkanes of at least 4 members (excludes halogenated alkanes) is 1. The normalized spacial score (nSPS) is 11.3. The molecule has 154 valence electrons. The van der Waals surface area contributed by atoms with E-state index in [4.69, 9.17) is 4.42 Å². The summed E-state index contributed by atoms with van der Waals surface area (Å²) >= 11 is 0.840. The molecule has 3 heteroatoms. The van der Waals surface area contributed by atoms with Crippen molar-refractivity contribution in [3.05, 3.63) is 77.7 Å². The van der Waals surface area contributed by atoms with Crippen molar-refractivity contribution in [2.75, 3.05) is 0 Å². The standard InChI is InChI=1S/C26H32OSe2/c1-4-5-16-24-26(29-22-14-10-7-11-15-22)23(25(27-24)19-20(2)3)17-18-28-21-12-8-6-9-13-21/h6-15,20H,4-5,16-19H2,1-3H3. The van der Waals surface area contributed by atoms with Gasteiger partial charge in [0.15, 0.2) is 0 Å². The van der Waals surface area contributed by atoms with Gasteiger partial charge in [0, 0.05) is 0 Å². The number of rotatable bonds is 11. The molecule has 0 spiro atoms. The monoisotopic (exact) mass is 520 g/mol. The molecule has 1 heterocycles. The van der Waals surface area contributed by atoms with E-state index in [1.165, 1.54) is 48.6 Å². The van der Waals surface area contributed by atoms with Crippen LogP contribution in [0.4, 0.5) is 0 Å². The fourth-order valence-electron chi connectivity index (χ4n) is 3.35. The Kier molecular flexibility index (Phi) is 9.15. The topological polar surface area (TPSA) is 13.1 Å². The molecule has 0 N–H and O–H groups in total. The Balaban J connectivity index is 1.86. The third-order valence-corrected chi connectivity index (χ3v) is 9.40. The summed E-state index contributed by atoms with van der Waals surface area (Å²) in [6.07, 6.45) is 5.70. The number of aryl methyl sites for hydroxylation is 1. The van der Waals surface area contributed by atoms with E-state index < -0.39 is 0 Å². The van der Waals surface area contributed by atoms with Gasteiger partial charge in [0.1, 0.15) is 0 Å². The summed E-state index contributed by atoms with van der Waals surface area (Å²) in [7, 11) is 0. The molecule has 0 saturated heterocycles. The summed E-state index contributed by atoms with van der Waals surface area (Å²) in [5.41, 5.74) is 1.53. The van der Waals surface area contributed by atoms with E-state index >= 15 is 0 Å². The van der Waals surface area contributed by atoms with E-state index in [1.807, 2.05) is 0 Å². The van der Waals surface area contributed by atoms with Gasteiger partial charge in [-0.1, -0.05) is 0 Å². The second kappa shape index (κ2) is 11.8. The molecule has 0 aliphatic rings. The van der Waals surface area contributed by atoms with Gasteiger partial charge in [-0.3, -0.25) is 0 Å². The van der Waals surface area contributed by atoms with Crippen molar-refractivity contribution in [3.63, 3.8) is 0 Å². The van der Waals surface area contributed by atoms with Gasteiger partial charge in [-0.05, 0) is 0 Å². The first kappa shape index (κ1) is 22.4. The first-order valence-corrected chi connectivity index (χ1v) is 14.5. The van der Waals surface area contributed by atoms with Crippen molar-refractivity contribution in [1.29, 1.82) is 0 Å². The Bertz CT molecular complexity index is 853. The maximum absolute atomic E-state index is 6.56. The van der Waals surface area contributed by atoms with E-state index in [0.717, 1.165) is 19.3 Å². The van der Waals surface area contributed by atoms with E-state index in [9.17, 15) is 0 Å². The van der Waals surface area contributed by atoms with Gasteiger partial charge in [0.25, 0.3) is 0 Å². The number of benzene rings is 2. The molecule has 0 bridgehead atoms. The van der Waals surface area contributed by atoms with Gasteiger partial charge in [-0.15, -0.1) is 0 Å². The third-order valence-electron chi connectivity index (χ3n) is 4.79. The Morgan fingerprint density at radius 3 is 2.10 bits per heavy atom. The molecule has 1 nitrogen and oxygen atoms in total. The summed E-state index contributed by atoms with van der Waals surface area (Å²) in [6.45, 7) is 6.87. The van der Waals surface area contributed by atoms with Crippen LogP contribution in [0.25, 0.3) is 0 Å². The van der Waals surface area contributed by atoms with Crippen molar-refractivity contribution in [2.45, 2.75) is 58.2 Å². The van der Waals surface area contributed by atoms with Gasteiger partial charge in [-0.2, -0.15) is 0 Å². The third kappa shape index (κ3) is 6.90. The SMILES string of the molecule is CCCCc1oc(CC(C)C)c(CC[Se]c2ccccc2)c1[Se]c1ccccc1. The van der Waals surface area contributed by atoms with Crippen LogP contribution in [0.3, 0.4) is 0 Å². The zero-order chi connectivity index (χ0) is 20.5. The average molecular weight is 518 g/mol. The van der Waals surface area contributed by atoms with Gasteiger partial charge < -0.3 is 0 Å². The molecule has 29 heavy (non-hydrogen) atoms. The van der Waals surface area contributed by atoms with Crippen LogP contribution in [-0.4, -0.2) is 29.9 Å². The van der Waals surface area contributed by atoms with E-state index in [0.29, 0.717) is 35.8 Å². The number of hydrogen-bond donors (Lipinski definition) is 0. The van der Waals surface area contributed by atoms with Crippen molar-refractivity contribution in [3.8, 4) is 0 Å². The molecule has 0 aliphatic heterocycles. The van der Waals surface area contributed by atoms with Crippen LogP contribution in [0.1, 0.15) is 50.7 Å². The molecule has 3 rings (SSSR count). The predicted octanol–water partition coefficient (Wildman–Crippen LogP) is 4.47. The van der Waals surface area contributed by atoms with Crippen LogP contribution in [0.5, 0.6) is 0 Å². The molecule has 0 saturated carbocycles. The minimum absolute atomic E-state index is 0.318. The first-order chi connectivity index (χ1) is 14.2. The predicted molar refractivity (Wildman–Crippen MR) is 128 cm³/mol. The Labute approximate surface area is 189 Å². The molecule has 0 fully saturated rings. The van der Waals surface area contributed by atoms with Gasteiger partial charge in [0.2, 0.25) is 0 Å². The zero-order valence-corrected chi connectivity index (χ0v) is 21.2. The molecule has 0 atom stereocenters. The second-order valence-corrected chi connectivity index (χ2v) is 12.5. The Hall–Kier alpha value is -1.24. The zero-order valence-electron chi connectivity index (χ0n) is 17.8. The van der Waals surface area contributed by atoms with E-state index in [1.54, 1.807) is 0 Å². The maximum atomic E-state index is 6.56. The van der Waals surface area contributed by atoms with Crippen LogP contribution in [-0.2, 0) is 19.3 Å². The first-order valence-electron chi connectivity index (χ1n) is 10.7. The number of furan rings is 1. The van der Waals surface area contributed by atoms with Crippen LogP contribution in [0, 0.1) is 5.92 Å². The van der Waals surface area contributed by atoms with Crippen molar-refractivity contribution >= 4 is 43.3 Å². The van der Waals surface area contributed by atoms with Crippen LogP contribution >= 0.6 is 0 Å². The summed E-state index contributed by atoms with van der Waals surface area (Å²) in [4.78, 5) is 0. The summed E-state index contributed by atoms with van der Waals surface area (Å²) in [5.74, 6) is 3.16. The van der Waals surface area contributed by atoms with Gasteiger partial charge >= 0.3 is 190 Å². The summed E-state index contributed by atoms with van der Waals surface area (Å²) < 4.78 is 11.0. The van der Waals surface area contributed by atoms with Crippen LogP contribution in [0.15, 0.2) is 65.1 Å². The van der Waals surface area contributed by atoms with Crippen LogP contribution < -0.4 is 13.4 Å². The fraction of sp³-hybridized carbons (Fsp3) is 0.385. The fourth-order valence-corrected chi connectivity index (χ4v) is 7.59. The molecule has 0 aliphatic carbocycles. The molecule has 2 aromatic carbocycles. The van der Waals surface area contributed by atoms with Gasteiger partial charge in [-0.25, -0.2) is 0 Å². The van der Waals surface area contributed by atoms with E-state index in [2.05, 4.69) is 81.4 Å². The molecule has 0 unspecified atom stereocenters. The molecule has 0 amide bonds. The second-order valence-electron chi connectivity index (χ2n) is 7.78. The Morgan fingerprint density at radius 1 is 0.828 bits per heavy atom. The van der Waals surface area contributed by atoms with Crippen LogP contribution in [0.2, 0.25) is 5.32 Å². The minimum atomic E-state index is 0.318. The average Bonchev–Trinajstić information content (AvgIpc) is 3.03. The molecule has 0 radical (unpaired) electrons. The van der Waals surface area contributed by atoms with Crippen molar-refractivity contribution in [1.82, 2.24) is 0 Å². The van der Waals surface area contributed by atoms with Crippen molar-refractivity contribution in [2.24, 2.45) is 5.92 Å². The quantitative estimate of drug-likeness (QED) is 0.342. The summed E-state index contributed by atoms with van der Waals surface area (Å²) in [5, 5.41) is 1.24. The van der Waals surface area contributed by atoms with E-state index in [-0.39, 0.29) is 0 Å². The number of hydrogen-bond acceptors (Lipinski definition) is 1.